The summed E-state index contributed by atoms with van der Waals surface area (Å²) in [5.41, 5.74) is 0.118. The van der Waals surface area contributed by atoms with Gasteiger partial charge in [0.05, 0.1) is 12.1 Å². The molecule has 1 unspecified atom stereocenters. The molecule has 0 amide bonds. The molecule has 4 heteroatoms. The number of rotatable bonds is 5. The second-order valence-corrected chi connectivity index (χ2v) is 5.18. The van der Waals surface area contributed by atoms with Crippen molar-refractivity contribution in [1.29, 1.82) is 0 Å². The van der Waals surface area contributed by atoms with Gasteiger partial charge in [-0.1, -0.05) is 0 Å². The van der Waals surface area contributed by atoms with Crippen LogP contribution in [-0.4, -0.2) is 11.7 Å². The van der Waals surface area contributed by atoms with Gasteiger partial charge in [0.25, 0.3) is 0 Å². The van der Waals surface area contributed by atoms with Gasteiger partial charge in [-0.2, -0.15) is 11.3 Å². The first-order chi connectivity index (χ1) is 8.08. The number of aryl methyl sites for hydroxylation is 1. The maximum atomic E-state index is 10.3. The summed E-state index contributed by atoms with van der Waals surface area (Å²) in [7, 11) is 0. The number of thiophene rings is 1. The Kier molecular flexibility index (Phi) is 3.66. The Morgan fingerprint density at radius 2 is 2.24 bits per heavy atom. The van der Waals surface area contributed by atoms with E-state index in [-0.39, 0.29) is 0 Å². The molecule has 2 N–H and O–H groups in total. The van der Waals surface area contributed by atoms with E-state index in [9.17, 15) is 5.11 Å². The molecule has 0 aromatic carbocycles. The predicted molar refractivity (Wildman–Crippen MR) is 69.0 cm³/mol. The maximum Gasteiger partial charge on any atom is 0.117 e. The molecule has 0 bridgehead atoms. The molecule has 2 rings (SSSR count). The van der Waals surface area contributed by atoms with E-state index >= 15 is 0 Å². The fraction of sp³-hybridized carbons (Fsp3) is 0.385. The summed E-state index contributed by atoms with van der Waals surface area (Å²) in [6.45, 7) is 4.87. The molecule has 2 aromatic rings. The number of furan rings is 1. The van der Waals surface area contributed by atoms with Gasteiger partial charge in [0.2, 0.25) is 0 Å². The molecule has 0 aliphatic carbocycles. The highest BCUT2D eigenvalue weighted by atomic mass is 32.1. The van der Waals surface area contributed by atoms with Crippen LogP contribution in [0.2, 0.25) is 0 Å². The monoisotopic (exact) mass is 251 g/mol. The SMILES string of the molecule is Cc1ccc(CNCC(C)(O)c2ccsc2)o1. The van der Waals surface area contributed by atoms with Gasteiger partial charge in [0.1, 0.15) is 11.5 Å². The highest BCUT2D eigenvalue weighted by Crippen LogP contribution is 2.22. The molecule has 3 nitrogen and oxygen atoms in total. The molecule has 0 radical (unpaired) electrons. The molecule has 17 heavy (non-hydrogen) atoms. The summed E-state index contributed by atoms with van der Waals surface area (Å²) in [6.07, 6.45) is 0. The Morgan fingerprint density at radius 1 is 1.41 bits per heavy atom. The van der Waals surface area contributed by atoms with Crippen molar-refractivity contribution in [2.45, 2.75) is 26.0 Å². The predicted octanol–water partition coefficient (Wildman–Crippen LogP) is 2.65. The fourth-order valence-corrected chi connectivity index (χ4v) is 2.47. The molecule has 1 atom stereocenters. The number of nitrogens with one attached hydrogen (secondary N) is 1. The standard InChI is InChI=1S/C13H17NO2S/c1-10-3-4-12(16-10)7-14-9-13(2,15)11-5-6-17-8-11/h3-6,8,14-15H,7,9H2,1-2H3. The van der Waals surface area contributed by atoms with Gasteiger partial charge in [-0.05, 0) is 48.4 Å². The van der Waals surface area contributed by atoms with Gasteiger partial charge >= 0.3 is 0 Å². The van der Waals surface area contributed by atoms with Crippen molar-refractivity contribution >= 4 is 11.3 Å². The normalized spacial score (nSPS) is 14.8. The molecular formula is C13H17NO2S. The highest BCUT2D eigenvalue weighted by molar-refractivity contribution is 7.08. The minimum absolute atomic E-state index is 0.503. The summed E-state index contributed by atoms with van der Waals surface area (Å²) < 4.78 is 5.45. The average Bonchev–Trinajstić information content (AvgIpc) is 2.89. The minimum atomic E-state index is -0.832. The summed E-state index contributed by atoms with van der Waals surface area (Å²) in [4.78, 5) is 0. The molecule has 2 aromatic heterocycles. The van der Waals surface area contributed by atoms with Crippen LogP contribution in [0.1, 0.15) is 24.0 Å². The van der Waals surface area contributed by atoms with Crippen molar-refractivity contribution in [2.75, 3.05) is 6.54 Å². The Bertz CT molecular complexity index is 459. The zero-order valence-corrected chi connectivity index (χ0v) is 10.9. The third-order valence-corrected chi connectivity index (χ3v) is 3.39. The molecule has 0 aliphatic rings. The van der Waals surface area contributed by atoms with Crippen molar-refractivity contribution in [3.05, 3.63) is 46.0 Å². The summed E-state index contributed by atoms with van der Waals surface area (Å²) in [5.74, 6) is 1.80. The van der Waals surface area contributed by atoms with E-state index in [4.69, 9.17) is 4.42 Å². The van der Waals surface area contributed by atoms with E-state index in [0.717, 1.165) is 17.1 Å². The maximum absolute atomic E-state index is 10.3. The smallest absolute Gasteiger partial charge is 0.117 e. The van der Waals surface area contributed by atoms with Gasteiger partial charge in [-0.3, -0.25) is 0 Å². The third-order valence-electron chi connectivity index (χ3n) is 2.71. The van der Waals surface area contributed by atoms with Crippen LogP contribution in [0.4, 0.5) is 0 Å². The first-order valence-corrected chi connectivity index (χ1v) is 6.53. The lowest BCUT2D eigenvalue weighted by Gasteiger charge is -2.22. The van der Waals surface area contributed by atoms with E-state index in [1.54, 1.807) is 11.3 Å². The van der Waals surface area contributed by atoms with Crippen LogP contribution in [0, 0.1) is 6.92 Å². The van der Waals surface area contributed by atoms with Crippen LogP contribution in [-0.2, 0) is 12.1 Å². The molecule has 2 heterocycles. The lowest BCUT2D eigenvalue weighted by molar-refractivity contribution is 0.0566. The van der Waals surface area contributed by atoms with Crippen molar-refractivity contribution in [2.24, 2.45) is 0 Å². The number of aliphatic hydroxyl groups is 1. The van der Waals surface area contributed by atoms with Crippen molar-refractivity contribution in [1.82, 2.24) is 5.32 Å². The second-order valence-electron chi connectivity index (χ2n) is 4.40. The van der Waals surface area contributed by atoms with Crippen LogP contribution in [0.3, 0.4) is 0 Å². The van der Waals surface area contributed by atoms with Crippen molar-refractivity contribution in [3.63, 3.8) is 0 Å². The topological polar surface area (TPSA) is 45.4 Å². The van der Waals surface area contributed by atoms with Gasteiger partial charge in [-0.15, -0.1) is 0 Å². The highest BCUT2D eigenvalue weighted by Gasteiger charge is 2.22. The quantitative estimate of drug-likeness (QED) is 0.858. The number of hydrogen-bond donors (Lipinski definition) is 2. The van der Waals surface area contributed by atoms with Crippen LogP contribution in [0.25, 0.3) is 0 Å². The molecule has 0 spiro atoms. The lowest BCUT2D eigenvalue weighted by Crippen LogP contribution is -2.34. The zero-order chi connectivity index (χ0) is 12.3. The Hall–Kier alpha value is -1.10. The van der Waals surface area contributed by atoms with Gasteiger partial charge in [0.15, 0.2) is 0 Å². The largest absolute Gasteiger partial charge is 0.465 e. The van der Waals surface area contributed by atoms with Crippen LogP contribution in [0.15, 0.2) is 33.4 Å². The van der Waals surface area contributed by atoms with Crippen LogP contribution < -0.4 is 5.32 Å². The minimum Gasteiger partial charge on any atom is -0.465 e. The lowest BCUT2D eigenvalue weighted by atomic mass is 9.99. The summed E-state index contributed by atoms with van der Waals surface area (Å²) in [5, 5.41) is 17.4. The molecule has 0 saturated heterocycles. The van der Waals surface area contributed by atoms with Crippen molar-refractivity contribution < 1.29 is 9.52 Å². The fourth-order valence-electron chi connectivity index (χ4n) is 1.68. The van der Waals surface area contributed by atoms with Gasteiger partial charge in [0, 0.05) is 6.54 Å². The van der Waals surface area contributed by atoms with Crippen molar-refractivity contribution in [3.8, 4) is 0 Å². The third kappa shape index (κ3) is 3.19. The Balaban J connectivity index is 1.86. The van der Waals surface area contributed by atoms with Crippen LogP contribution >= 0.6 is 11.3 Å². The van der Waals surface area contributed by atoms with Gasteiger partial charge in [-0.25, -0.2) is 0 Å². The van der Waals surface area contributed by atoms with E-state index in [1.807, 2.05) is 42.8 Å². The average molecular weight is 251 g/mol. The van der Waals surface area contributed by atoms with Gasteiger partial charge < -0.3 is 14.8 Å². The molecular weight excluding hydrogens is 234 g/mol. The van der Waals surface area contributed by atoms with E-state index < -0.39 is 5.60 Å². The van der Waals surface area contributed by atoms with E-state index in [0.29, 0.717) is 13.1 Å². The van der Waals surface area contributed by atoms with Crippen LogP contribution in [0.5, 0.6) is 0 Å². The summed E-state index contributed by atoms with van der Waals surface area (Å²) in [6, 6.07) is 5.83. The molecule has 0 aliphatic heterocycles. The number of hydrogen-bond acceptors (Lipinski definition) is 4. The Morgan fingerprint density at radius 3 is 2.82 bits per heavy atom. The second kappa shape index (κ2) is 5.04. The summed E-state index contributed by atoms with van der Waals surface area (Å²) >= 11 is 1.59. The first-order valence-electron chi connectivity index (χ1n) is 5.59. The first kappa shape index (κ1) is 12.4. The zero-order valence-electron chi connectivity index (χ0n) is 10.1. The molecule has 0 fully saturated rings. The molecule has 0 saturated carbocycles. The van der Waals surface area contributed by atoms with E-state index in [2.05, 4.69) is 5.32 Å². The van der Waals surface area contributed by atoms with E-state index in [1.165, 1.54) is 0 Å². The molecule has 92 valence electrons. The Labute approximate surface area is 105 Å².